The lowest BCUT2D eigenvalue weighted by Gasteiger charge is -2.32. The molecule has 0 unspecified atom stereocenters. The van der Waals surface area contributed by atoms with Crippen LogP contribution in [0.1, 0.15) is 39.7 Å². The van der Waals surface area contributed by atoms with Crippen LogP contribution in [0.5, 0.6) is 11.5 Å². The molecule has 2 amide bonds. The Bertz CT molecular complexity index is 1210. The van der Waals surface area contributed by atoms with Crippen molar-refractivity contribution < 1.29 is 27.5 Å². The van der Waals surface area contributed by atoms with Crippen LogP contribution in [-0.4, -0.2) is 56.3 Å². The molecule has 0 saturated heterocycles. The first-order valence-electron chi connectivity index (χ1n) is 11.8. The fourth-order valence-corrected chi connectivity index (χ4v) is 4.87. The fraction of sp³-hybridized carbons (Fsp3) is 0.440. The first-order valence-corrected chi connectivity index (χ1v) is 13.8. The molecule has 1 aliphatic rings. The van der Waals surface area contributed by atoms with Gasteiger partial charge in [-0.3, -0.25) is 13.9 Å². The summed E-state index contributed by atoms with van der Waals surface area (Å²) in [5.74, 6) is -0.210. The van der Waals surface area contributed by atoms with E-state index in [0.717, 1.165) is 10.7 Å². The van der Waals surface area contributed by atoms with Gasteiger partial charge >= 0.3 is 0 Å². The van der Waals surface area contributed by atoms with Crippen LogP contribution in [0, 0.1) is 0 Å². The molecule has 36 heavy (non-hydrogen) atoms. The molecule has 11 heteroatoms. The Morgan fingerprint density at radius 1 is 1.08 bits per heavy atom. The Labute approximate surface area is 217 Å². The zero-order chi connectivity index (χ0) is 26.5. The molecule has 1 aliphatic heterocycles. The molecule has 0 saturated carbocycles. The summed E-state index contributed by atoms with van der Waals surface area (Å²) in [6.45, 7) is 6.51. The lowest BCUT2D eigenvalue weighted by atomic mass is 10.1. The number of hydrogen-bond acceptors (Lipinski definition) is 6. The maximum Gasteiger partial charge on any atom is 0.244 e. The minimum Gasteiger partial charge on any atom is -0.454 e. The average molecular weight is 538 g/mol. The van der Waals surface area contributed by atoms with Gasteiger partial charge in [0.25, 0.3) is 0 Å². The summed E-state index contributed by atoms with van der Waals surface area (Å²) >= 11 is 6.34. The monoisotopic (exact) mass is 537 g/mol. The molecule has 2 aromatic rings. The number of amides is 2. The van der Waals surface area contributed by atoms with Crippen molar-refractivity contribution in [1.29, 1.82) is 0 Å². The SMILES string of the molecule is CC[C@H](C)NC(=O)[C@@H](C)N(Cc1ccccc1Cl)C(=O)CN(c1ccc2c(c1)OCO2)S(=O)(=O)CC. The van der Waals surface area contributed by atoms with Gasteiger partial charge in [0.2, 0.25) is 28.6 Å². The molecule has 0 radical (unpaired) electrons. The summed E-state index contributed by atoms with van der Waals surface area (Å²) in [6.07, 6.45) is 0.726. The Balaban J connectivity index is 1.95. The summed E-state index contributed by atoms with van der Waals surface area (Å²) in [5.41, 5.74) is 0.910. The highest BCUT2D eigenvalue weighted by molar-refractivity contribution is 7.92. The van der Waals surface area contributed by atoms with Gasteiger partial charge in [-0.15, -0.1) is 0 Å². The van der Waals surface area contributed by atoms with E-state index in [9.17, 15) is 18.0 Å². The Morgan fingerprint density at radius 2 is 1.78 bits per heavy atom. The first-order chi connectivity index (χ1) is 17.1. The van der Waals surface area contributed by atoms with Crippen molar-refractivity contribution >= 4 is 39.1 Å². The van der Waals surface area contributed by atoms with Crippen molar-refractivity contribution in [3.8, 4) is 11.5 Å². The van der Waals surface area contributed by atoms with Crippen molar-refractivity contribution in [2.24, 2.45) is 0 Å². The summed E-state index contributed by atoms with van der Waals surface area (Å²) in [7, 11) is -3.85. The van der Waals surface area contributed by atoms with Crippen LogP contribution < -0.4 is 19.1 Å². The molecule has 0 bridgehead atoms. The van der Waals surface area contributed by atoms with E-state index in [1.807, 2.05) is 13.8 Å². The third-order valence-electron chi connectivity index (χ3n) is 6.09. The smallest absolute Gasteiger partial charge is 0.244 e. The number of hydrogen-bond donors (Lipinski definition) is 1. The van der Waals surface area contributed by atoms with Crippen LogP contribution in [0.3, 0.4) is 0 Å². The number of fused-ring (bicyclic) bond motifs is 1. The summed E-state index contributed by atoms with van der Waals surface area (Å²) < 4.78 is 37.8. The van der Waals surface area contributed by atoms with Gasteiger partial charge in [0.15, 0.2) is 11.5 Å². The standard InChI is InChI=1S/C25H32ClN3O6S/c1-5-17(3)27-25(31)18(4)28(14-19-9-7-8-10-21(19)26)24(30)15-29(36(32,33)6-2)20-11-12-22-23(13-20)35-16-34-22/h7-13,17-18H,5-6,14-16H2,1-4H3,(H,27,31)/t17-,18+/m0/s1. The second kappa shape index (κ2) is 11.8. The van der Waals surface area contributed by atoms with Gasteiger partial charge in [-0.1, -0.05) is 36.7 Å². The van der Waals surface area contributed by atoms with Gasteiger partial charge in [-0.25, -0.2) is 8.42 Å². The van der Waals surface area contributed by atoms with Crippen LogP contribution in [0.15, 0.2) is 42.5 Å². The van der Waals surface area contributed by atoms with Gasteiger partial charge < -0.3 is 19.7 Å². The summed E-state index contributed by atoms with van der Waals surface area (Å²) in [5, 5.41) is 3.33. The topological polar surface area (TPSA) is 105 Å². The van der Waals surface area contributed by atoms with Gasteiger partial charge in [-0.2, -0.15) is 0 Å². The molecule has 0 aromatic heterocycles. The lowest BCUT2D eigenvalue weighted by molar-refractivity contribution is -0.139. The van der Waals surface area contributed by atoms with Crippen LogP contribution in [0.25, 0.3) is 0 Å². The maximum absolute atomic E-state index is 13.7. The van der Waals surface area contributed by atoms with Crippen LogP contribution in [0.4, 0.5) is 5.69 Å². The number of ether oxygens (including phenoxy) is 2. The highest BCUT2D eigenvalue weighted by atomic mass is 35.5. The first kappa shape index (κ1) is 27.6. The predicted octanol–water partition coefficient (Wildman–Crippen LogP) is 3.56. The summed E-state index contributed by atoms with van der Waals surface area (Å²) in [6, 6.07) is 10.8. The van der Waals surface area contributed by atoms with Crippen molar-refractivity contribution in [1.82, 2.24) is 10.2 Å². The predicted molar refractivity (Wildman–Crippen MR) is 139 cm³/mol. The van der Waals surface area contributed by atoms with Crippen molar-refractivity contribution in [3.05, 3.63) is 53.1 Å². The van der Waals surface area contributed by atoms with E-state index in [-0.39, 0.29) is 36.7 Å². The molecule has 2 aromatic carbocycles. The highest BCUT2D eigenvalue weighted by Gasteiger charge is 2.32. The maximum atomic E-state index is 13.7. The van der Waals surface area contributed by atoms with Gasteiger partial charge in [-0.05, 0) is 51.0 Å². The number of sulfonamides is 1. The van der Waals surface area contributed by atoms with Crippen molar-refractivity contribution in [2.45, 2.75) is 52.7 Å². The Morgan fingerprint density at radius 3 is 2.44 bits per heavy atom. The molecular weight excluding hydrogens is 506 g/mol. The number of halogens is 1. The van der Waals surface area contributed by atoms with Gasteiger partial charge in [0.05, 0.1) is 11.4 Å². The molecule has 1 heterocycles. The number of carbonyl (C=O) groups excluding carboxylic acids is 2. The molecule has 0 fully saturated rings. The van der Waals surface area contributed by atoms with Crippen LogP contribution in [0.2, 0.25) is 5.02 Å². The molecule has 9 nitrogen and oxygen atoms in total. The average Bonchev–Trinajstić information content (AvgIpc) is 3.34. The minimum absolute atomic E-state index is 0.0344. The van der Waals surface area contributed by atoms with E-state index >= 15 is 0 Å². The number of benzene rings is 2. The zero-order valence-corrected chi connectivity index (χ0v) is 22.4. The number of anilines is 1. The molecular formula is C25H32ClN3O6S. The Hall–Kier alpha value is -2.98. The number of carbonyl (C=O) groups is 2. The van der Waals surface area contributed by atoms with Crippen LogP contribution in [-0.2, 0) is 26.2 Å². The second-order valence-electron chi connectivity index (χ2n) is 8.55. The van der Waals surface area contributed by atoms with Crippen molar-refractivity contribution in [3.63, 3.8) is 0 Å². The number of rotatable bonds is 11. The van der Waals surface area contributed by atoms with E-state index < -0.39 is 28.5 Å². The van der Waals surface area contributed by atoms with Crippen molar-refractivity contribution in [2.75, 3.05) is 23.4 Å². The van der Waals surface area contributed by atoms with Gasteiger partial charge in [0, 0.05) is 23.7 Å². The normalized spacial score (nSPS) is 14.1. The fourth-order valence-electron chi connectivity index (χ4n) is 3.62. The molecule has 0 spiro atoms. The third kappa shape index (κ3) is 6.41. The summed E-state index contributed by atoms with van der Waals surface area (Å²) in [4.78, 5) is 28.0. The quantitative estimate of drug-likeness (QED) is 0.470. The molecule has 2 atom stereocenters. The van der Waals surface area contributed by atoms with E-state index in [2.05, 4.69) is 5.32 Å². The Kier molecular flexibility index (Phi) is 9.08. The molecule has 3 rings (SSSR count). The van der Waals surface area contributed by atoms with Gasteiger partial charge in [0.1, 0.15) is 12.6 Å². The van der Waals surface area contributed by atoms with E-state index in [4.69, 9.17) is 21.1 Å². The minimum atomic E-state index is -3.85. The largest absolute Gasteiger partial charge is 0.454 e. The van der Waals surface area contributed by atoms with E-state index in [1.54, 1.807) is 43.3 Å². The second-order valence-corrected chi connectivity index (χ2v) is 11.1. The number of nitrogens with one attached hydrogen (secondary N) is 1. The highest BCUT2D eigenvalue weighted by Crippen LogP contribution is 2.36. The third-order valence-corrected chi connectivity index (χ3v) is 8.20. The van der Waals surface area contributed by atoms with E-state index in [1.165, 1.54) is 17.9 Å². The van der Waals surface area contributed by atoms with E-state index in [0.29, 0.717) is 22.1 Å². The molecule has 196 valence electrons. The molecule has 1 N–H and O–H groups in total. The lowest BCUT2D eigenvalue weighted by Crippen LogP contribution is -2.52. The van der Waals surface area contributed by atoms with Crippen LogP contribution >= 0.6 is 11.6 Å². The number of nitrogens with zero attached hydrogens (tertiary/aromatic N) is 2. The zero-order valence-electron chi connectivity index (χ0n) is 20.9. The molecule has 0 aliphatic carbocycles.